The molecule has 1 aliphatic rings. The fraction of sp³-hybridized carbons (Fsp3) is 0.636. The van der Waals surface area contributed by atoms with E-state index >= 15 is 0 Å². The van der Waals surface area contributed by atoms with E-state index in [4.69, 9.17) is 16.6 Å². The highest BCUT2D eigenvalue weighted by Crippen LogP contribution is 2.32. The molecule has 0 bridgehead atoms. The number of nitrogens with two attached hydrogens (primary N) is 2. The lowest BCUT2D eigenvalue weighted by molar-refractivity contribution is 0.224. The van der Waals surface area contributed by atoms with Crippen LogP contribution in [-0.4, -0.2) is 36.7 Å². The Bertz CT molecular complexity index is 596. The zero-order chi connectivity index (χ0) is 13.4. The average Bonchev–Trinajstić information content (AvgIpc) is 2.97. The largest absolute Gasteiger partial charge is 0.396 e. The number of aliphatic hydroxyl groups is 1. The molecule has 1 saturated carbocycles. The van der Waals surface area contributed by atoms with Crippen molar-refractivity contribution < 1.29 is 5.11 Å². The average molecular weight is 263 g/mol. The van der Waals surface area contributed by atoms with Crippen molar-refractivity contribution >= 4 is 22.9 Å². The Kier molecular flexibility index (Phi) is 2.94. The predicted octanol–water partition coefficient (Wildman–Crippen LogP) is -0.206. The Morgan fingerprint density at radius 3 is 2.74 bits per heavy atom. The molecule has 1 aliphatic carbocycles. The van der Waals surface area contributed by atoms with Gasteiger partial charge in [-0.25, -0.2) is 4.68 Å². The molecule has 0 unspecified atom stereocenters. The summed E-state index contributed by atoms with van der Waals surface area (Å²) in [6.07, 6.45) is 3.16. The quantitative estimate of drug-likeness (QED) is 0.699. The normalized spacial score (nSPS) is 23.2. The number of nitrogens with zero attached hydrogens (tertiary/aromatic N) is 5. The summed E-state index contributed by atoms with van der Waals surface area (Å²) in [5.74, 6) is 1.28. The minimum absolute atomic E-state index is 0.133. The molecular weight excluding hydrogens is 246 g/mol. The van der Waals surface area contributed by atoms with Gasteiger partial charge in [0.2, 0.25) is 5.95 Å². The van der Waals surface area contributed by atoms with Gasteiger partial charge in [0.25, 0.3) is 0 Å². The lowest BCUT2D eigenvalue weighted by Crippen LogP contribution is -2.11. The smallest absolute Gasteiger partial charge is 0.224 e. The SMILES string of the molecule is Nc1nc(N)c2nnn(C[C@H]3CC[C@@H](CO)C3)c2n1. The van der Waals surface area contributed by atoms with Crippen LogP contribution < -0.4 is 11.5 Å². The van der Waals surface area contributed by atoms with Gasteiger partial charge in [0, 0.05) is 13.2 Å². The molecular formula is C11H17N7O. The molecule has 0 amide bonds. The summed E-state index contributed by atoms with van der Waals surface area (Å²) < 4.78 is 1.73. The van der Waals surface area contributed by atoms with E-state index in [1.165, 1.54) is 0 Å². The Balaban J connectivity index is 1.86. The Labute approximate surface area is 109 Å². The maximum Gasteiger partial charge on any atom is 0.224 e. The molecule has 2 atom stereocenters. The molecule has 102 valence electrons. The molecule has 2 heterocycles. The van der Waals surface area contributed by atoms with Gasteiger partial charge in [0.1, 0.15) is 0 Å². The maximum atomic E-state index is 9.17. The maximum absolute atomic E-state index is 9.17. The van der Waals surface area contributed by atoms with Crippen LogP contribution in [0.4, 0.5) is 11.8 Å². The number of anilines is 2. The van der Waals surface area contributed by atoms with Crippen LogP contribution in [0.15, 0.2) is 0 Å². The lowest BCUT2D eigenvalue weighted by atomic mass is 10.1. The first-order chi connectivity index (χ1) is 9.17. The summed E-state index contributed by atoms with van der Waals surface area (Å²) in [7, 11) is 0. The topological polar surface area (TPSA) is 129 Å². The van der Waals surface area contributed by atoms with Crippen molar-refractivity contribution in [1.82, 2.24) is 25.0 Å². The molecule has 2 aromatic heterocycles. The van der Waals surface area contributed by atoms with Crippen LogP contribution >= 0.6 is 0 Å². The molecule has 5 N–H and O–H groups in total. The van der Waals surface area contributed by atoms with Crippen LogP contribution in [0.2, 0.25) is 0 Å². The van der Waals surface area contributed by atoms with E-state index in [0.717, 1.165) is 25.8 Å². The summed E-state index contributed by atoms with van der Waals surface area (Å²) >= 11 is 0. The molecule has 0 spiro atoms. The molecule has 2 aromatic rings. The number of aliphatic hydroxyl groups excluding tert-OH is 1. The van der Waals surface area contributed by atoms with Gasteiger partial charge >= 0.3 is 0 Å². The second-order valence-corrected chi connectivity index (χ2v) is 5.14. The lowest BCUT2D eigenvalue weighted by Gasteiger charge is -2.09. The monoisotopic (exact) mass is 263 g/mol. The first-order valence-corrected chi connectivity index (χ1v) is 6.40. The van der Waals surface area contributed by atoms with E-state index in [1.807, 2.05) is 0 Å². The van der Waals surface area contributed by atoms with E-state index < -0.39 is 0 Å². The van der Waals surface area contributed by atoms with E-state index in [2.05, 4.69) is 20.3 Å². The molecule has 8 heteroatoms. The predicted molar refractivity (Wildman–Crippen MR) is 69.9 cm³/mol. The van der Waals surface area contributed by atoms with E-state index in [1.54, 1.807) is 4.68 Å². The van der Waals surface area contributed by atoms with Crippen molar-refractivity contribution in [1.29, 1.82) is 0 Å². The van der Waals surface area contributed by atoms with Gasteiger partial charge < -0.3 is 16.6 Å². The number of rotatable bonds is 3. The molecule has 0 aliphatic heterocycles. The fourth-order valence-corrected chi connectivity index (χ4v) is 2.77. The highest BCUT2D eigenvalue weighted by molar-refractivity contribution is 5.81. The van der Waals surface area contributed by atoms with Crippen molar-refractivity contribution in [3.8, 4) is 0 Å². The van der Waals surface area contributed by atoms with Gasteiger partial charge in [-0.3, -0.25) is 0 Å². The standard InChI is InChI=1S/C11H17N7O/c12-9-8-10(15-11(13)14-9)18(17-16-8)4-6-1-2-7(3-6)5-19/h6-7,19H,1-5H2,(H4,12,13,14,15)/t6-,7+/m0/s1. The van der Waals surface area contributed by atoms with E-state index in [0.29, 0.717) is 23.0 Å². The van der Waals surface area contributed by atoms with Crippen molar-refractivity contribution in [3.63, 3.8) is 0 Å². The highest BCUT2D eigenvalue weighted by Gasteiger charge is 2.25. The van der Waals surface area contributed by atoms with Crippen molar-refractivity contribution in [3.05, 3.63) is 0 Å². The van der Waals surface area contributed by atoms with Crippen molar-refractivity contribution in [2.24, 2.45) is 11.8 Å². The highest BCUT2D eigenvalue weighted by atomic mass is 16.3. The van der Waals surface area contributed by atoms with Crippen LogP contribution in [0.25, 0.3) is 11.2 Å². The Morgan fingerprint density at radius 1 is 1.21 bits per heavy atom. The minimum atomic E-state index is 0.133. The van der Waals surface area contributed by atoms with Gasteiger partial charge in [-0.05, 0) is 31.1 Å². The van der Waals surface area contributed by atoms with Gasteiger partial charge in [-0.2, -0.15) is 9.97 Å². The second kappa shape index (κ2) is 4.61. The fourth-order valence-electron chi connectivity index (χ4n) is 2.77. The van der Waals surface area contributed by atoms with E-state index in [-0.39, 0.29) is 18.4 Å². The third-order valence-electron chi connectivity index (χ3n) is 3.75. The summed E-state index contributed by atoms with van der Waals surface area (Å²) in [6.45, 7) is 0.986. The number of nitrogen functional groups attached to an aromatic ring is 2. The number of hydrogen-bond acceptors (Lipinski definition) is 7. The summed E-state index contributed by atoms with van der Waals surface area (Å²) in [5, 5.41) is 17.2. The minimum Gasteiger partial charge on any atom is -0.396 e. The molecule has 0 radical (unpaired) electrons. The molecule has 8 nitrogen and oxygen atoms in total. The Morgan fingerprint density at radius 2 is 2.00 bits per heavy atom. The van der Waals surface area contributed by atoms with Gasteiger partial charge in [-0.1, -0.05) is 5.21 Å². The number of fused-ring (bicyclic) bond motifs is 1. The first kappa shape index (κ1) is 12.1. The first-order valence-electron chi connectivity index (χ1n) is 6.40. The van der Waals surface area contributed by atoms with Crippen molar-refractivity contribution in [2.75, 3.05) is 18.1 Å². The summed E-state index contributed by atoms with van der Waals surface area (Å²) in [4.78, 5) is 8.02. The summed E-state index contributed by atoms with van der Waals surface area (Å²) in [6, 6.07) is 0. The molecule has 3 rings (SSSR count). The zero-order valence-corrected chi connectivity index (χ0v) is 10.5. The van der Waals surface area contributed by atoms with Crippen LogP contribution in [0.5, 0.6) is 0 Å². The molecule has 0 aromatic carbocycles. The van der Waals surface area contributed by atoms with E-state index in [9.17, 15) is 0 Å². The number of hydrogen-bond donors (Lipinski definition) is 3. The third kappa shape index (κ3) is 2.19. The van der Waals surface area contributed by atoms with Crippen LogP contribution in [0.1, 0.15) is 19.3 Å². The van der Waals surface area contributed by atoms with Crippen LogP contribution in [0, 0.1) is 11.8 Å². The second-order valence-electron chi connectivity index (χ2n) is 5.14. The third-order valence-corrected chi connectivity index (χ3v) is 3.75. The Hall–Kier alpha value is -1.96. The molecule has 0 saturated heterocycles. The van der Waals surface area contributed by atoms with Crippen molar-refractivity contribution in [2.45, 2.75) is 25.8 Å². The van der Waals surface area contributed by atoms with Gasteiger partial charge in [0.05, 0.1) is 0 Å². The van der Waals surface area contributed by atoms with Crippen LogP contribution in [0.3, 0.4) is 0 Å². The van der Waals surface area contributed by atoms with Gasteiger partial charge in [-0.15, -0.1) is 5.10 Å². The molecule has 1 fully saturated rings. The van der Waals surface area contributed by atoms with Gasteiger partial charge in [0.15, 0.2) is 17.0 Å². The summed E-state index contributed by atoms with van der Waals surface area (Å²) in [5.41, 5.74) is 12.4. The van der Waals surface area contributed by atoms with Crippen LogP contribution in [-0.2, 0) is 6.54 Å². The number of aromatic nitrogens is 5. The zero-order valence-electron chi connectivity index (χ0n) is 10.5. The molecule has 19 heavy (non-hydrogen) atoms.